The van der Waals surface area contributed by atoms with Gasteiger partial charge in [0.15, 0.2) is 0 Å². The summed E-state index contributed by atoms with van der Waals surface area (Å²) in [4.78, 5) is 14.8. The number of ether oxygens (including phenoxy) is 3. The number of hydrogen-bond acceptors (Lipinski definition) is 4. The maximum absolute atomic E-state index is 13.1. The molecule has 6 heteroatoms. The van der Waals surface area contributed by atoms with Gasteiger partial charge in [-0.3, -0.25) is 4.79 Å². The van der Waals surface area contributed by atoms with Crippen molar-refractivity contribution in [3.05, 3.63) is 58.6 Å². The molecule has 0 atom stereocenters. The first-order valence-electron chi connectivity index (χ1n) is 8.65. The normalized spacial score (nSPS) is 18.0. The minimum atomic E-state index is -1.36. The first-order chi connectivity index (χ1) is 12.5. The molecule has 26 heavy (non-hydrogen) atoms. The van der Waals surface area contributed by atoms with Gasteiger partial charge >= 0.3 is 0 Å². The molecular weight excluding hydrogens is 354 g/mol. The van der Waals surface area contributed by atoms with Crippen molar-refractivity contribution in [2.24, 2.45) is 0 Å². The molecule has 1 amide bonds. The van der Waals surface area contributed by atoms with E-state index >= 15 is 0 Å². The van der Waals surface area contributed by atoms with Gasteiger partial charge < -0.3 is 19.1 Å². The molecule has 0 bridgehead atoms. The summed E-state index contributed by atoms with van der Waals surface area (Å²) in [6.07, 6.45) is 0.120. The summed E-state index contributed by atoms with van der Waals surface area (Å²) in [6, 6.07) is 13.1. The lowest BCUT2D eigenvalue weighted by Crippen LogP contribution is -2.40. The number of carbonyl (C=O) groups is 1. The van der Waals surface area contributed by atoms with E-state index in [9.17, 15) is 4.79 Å². The van der Waals surface area contributed by atoms with Gasteiger partial charge in [-0.1, -0.05) is 23.7 Å². The standard InChI is InChI=1S/C20H20ClNO4/c1-13(2)26-16-6-3-14(4-7-16)12-22-18-8-5-15(21)11-17(18)20(19(22)23)24-9-10-25-20/h3-8,11,13H,9-10,12H2,1-2H3. The van der Waals surface area contributed by atoms with Gasteiger partial charge in [0.2, 0.25) is 0 Å². The van der Waals surface area contributed by atoms with Gasteiger partial charge in [0.25, 0.3) is 11.7 Å². The zero-order valence-electron chi connectivity index (χ0n) is 14.7. The number of hydrogen-bond donors (Lipinski definition) is 0. The van der Waals surface area contributed by atoms with Crippen LogP contribution in [0, 0.1) is 0 Å². The van der Waals surface area contributed by atoms with Crippen LogP contribution in [-0.4, -0.2) is 25.2 Å². The van der Waals surface area contributed by atoms with Crippen molar-refractivity contribution < 1.29 is 19.0 Å². The summed E-state index contributed by atoms with van der Waals surface area (Å²) in [7, 11) is 0. The number of nitrogens with zero attached hydrogens (tertiary/aromatic N) is 1. The highest BCUT2D eigenvalue weighted by Crippen LogP contribution is 2.47. The Morgan fingerprint density at radius 3 is 2.50 bits per heavy atom. The molecule has 2 heterocycles. The molecular formula is C20H20ClNO4. The van der Waals surface area contributed by atoms with Crippen molar-refractivity contribution >= 4 is 23.2 Å². The van der Waals surface area contributed by atoms with Gasteiger partial charge in [0.1, 0.15) is 5.75 Å². The number of anilines is 1. The molecule has 0 aliphatic carbocycles. The molecule has 1 fully saturated rings. The van der Waals surface area contributed by atoms with Crippen LogP contribution in [0.2, 0.25) is 5.02 Å². The molecule has 2 aromatic carbocycles. The molecule has 0 radical (unpaired) electrons. The van der Waals surface area contributed by atoms with E-state index < -0.39 is 5.79 Å². The topological polar surface area (TPSA) is 48.0 Å². The van der Waals surface area contributed by atoms with Crippen LogP contribution in [-0.2, 0) is 26.6 Å². The number of carbonyl (C=O) groups excluding carboxylic acids is 1. The Morgan fingerprint density at radius 1 is 1.15 bits per heavy atom. The molecule has 0 saturated carbocycles. The van der Waals surface area contributed by atoms with Crippen LogP contribution in [0.15, 0.2) is 42.5 Å². The molecule has 136 valence electrons. The van der Waals surface area contributed by atoms with Crippen LogP contribution in [0.1, 0.15) is 25.0 Å². The van der Waals surface area contributed by atoms with E-state index in [2.05, 4.69) is 0 Å². The monoisotopic (exact) mass is 373 g/mol. The third kappa shape index (κ3) is 2.86. The summed E-state index contributed by atoms with van der Waals surface area (Å²) >= 11 is 6.14. The van der Waals surface area contributed by atoms with Crippen LogP contribution in [0.5, 0.6) is 5.75 Å². The Kier molecular flexibility index (Phi) is 4.39. The highest BCUT2D eigenvalue weighted by molar-refractivity contribution is 6.31. The summed E-state index contributed by atoms with van der Waals surface area (Å²) in [5, 5.41) is 0.548. The third-order valence-electron chi connectivity index (χ3n) is 4.46. The first-order valence-corrected chi connectivity index (χ1v) is 9.03. The second-order valence-corrected chi connectivity index (χ2v) is 7.11. The lowest BCUT2D eigenvalue weighted by Gasteiger charge is -2.22. The van der Waals surface area contributed by atoms with Gasteiger partial charge in [-0.05, 0) is 49.7 Å². The molecule has 2 aliphatic heterocycles. The maximum atomic E-state index is 13.1. The fourth-order valence-electron chi connectivity index (χ4n) is 3.39. The van der Waals surface area contributed by atoms with Gasteiger partial charge in [-0.25, -0.2) is 0 Å². The van der Waals surface area contributed by atoms with Crippen molar-refractivity contribution in [3.63, 3.8) is 0 Å². The fraction of sp³-hybridized carbons (Fsp3) is 0.350. The summed E-state index contributed by atoms with van der Waals surface area (Å²) < 4.78 is 17.1. The minimum absolute atomic E-state index is 0.120. The zero-order chi connectivity index (χ0) is 18.3. The molecule has 2 aliphatic rings. The Bertz CT molecular complexity index is 828. The van der Waals surface area contributed by atoms with E-state index in [0.717, 1.165) is 17.0 Å². The van der Waals surface area contributed by atoms with Crippen molar-refractivity contribution in [2.75, 3.05) is 18.1 Å². The average molecular weight is 374 g/mol. The van der Waals surface area contributed by atoms with Crippen LogP contribution in [0.4, 0.5) is 5.69 Å². The third-order valence-corrected chi connectivity index (χ3v) is 4.70. The molecule has 0 N–H and O–H groups in total. The number of fused-ring (bicyclic) bond motifs is 2. The molecule has 5 nitrogen and oxygen atoms in total. The number of halogens is 1. The molecule has 2 aromatic rings. The second kappa shape index (κ2) is 6.58. The van der Waals surface area contributed by atoms with Crippen LogP contribution in [0.25, 0.3) is 0 Å². The Morgan fingerprint density at radius 2 is 1.85 bits per heavy atom. The highest BCUT2D eigenvalue weighted by Gasteiger charge is 2.56. The lowest BCUT2D eigenvalue weighted by molar-refractivity contribution is -0.180. The van der Waals surface area contributed by atoms with E-state index in [-0.39, 0.29) is 12.0 Å². The Balaban J connectivity index is 1.64. The van der Waals surface area contributed by atoms with Crippen LogP contribution >= 0.6 is 11.6 Å². The number of rotatable bonds is 4. The molecule has 1 spiro atoms. The van der Waals surface area contributed by atoms with Gasteiger partial charge in [0.05, 0.1) is 31.5 Å². The Labute approximate surface area is 157 Å². The second-order valence-electron chi connectivity index (χ2n) is 6.68. The minimum Gasteiger partial charge on any atom is -0.491 e. The van der Waals surface area contributed by atoms with Crippen molar-refractivity contribution in [2.45, 2.75) is 32.3 Å². The van der Waals surface area contributed by atoms with E-state index in [1.807, 2.05) is 44.2 Å². The summed E-state index contributed by atoms with van der Waals surface area (Å²) in [6.45, 7) is 5.16. The van der Waals surface area contributed by atoms with E-state index in [4.69, 9.17) is 25.8 Å². The maximum Gasteiger partial charge on any atom is 0.292 e. The number of benzene rings is 2. The summed E-state index contributed by atoms with van der Waals surface area (Å²) in [5.74, 6) is -0.765. The molecule has 0 unspecified atom stereocenters. The fourth-order valence-corrected chi connectivity index (χ4v) is 3.56. The molecule has 4 rings (SSSR count). The number of amides is 1. The predicted molar refractivity (Wildman–Crippen MR) is 98.4 cm³/mol. The zero-order valence-corrected chi connectivity index (χ0v) is 15.5. The van der Waals surface area contributed by atoms with Crippen LogP contribution < -0.4 is 9.64 Å². The van der Waals surface area contributed by atoms with E-state index in [1.165, 1.54) is 0 Å². The molecule has 1 saturated heterocycles. The smallest absolute Gasteiger partial charge is 0.292 e. The largest absolute Gasteiger partial charge is 0.491 e. The van der Waals surface area contributed by atoms with E-state index in [1.54, 1.807) is 17.0 Å². The first kappa shape index (κ1) is 17.3. The van der Waals surface area contributed by atoms with E-state index in [0.29, 0.717) is 30.3 Å². The SMILES string of the molecule is CC(C)Oc1ccc(CN2C(=O)C3(OCCO3)c3cc(Cl)ccc32)cc1. The highest BCUT2D eigenvalue weighted by atomic mass is 35.5. The lowest BCUT2D eigenvalue weighted by atomic mass is 10.1. The predicted octanol–water partition coefficient (Wildman–Crippen LogP) is 3.87. The van der Waals surface area contributed by atoms with Crippen molar-refractivity contribution in [3.8, 4) is 5.75 Å². The Hall–Kier alpha value is -2.08. The van der Waals surface area contributed by atoms with Gasteiger partial charge in [-0.15, -0.1) is 0 Å². The van der Waals surface area contributed by atoms with Gasteiger partial charge in [0, 0.05) is 10.6 Å². The van der Waals surface area contributed by atoms with Crippen molar-refractivity contribution in [1.29, 1.82) is 0 Å². The van der Waals surface area contributed by atoms with Gasteiger partial charge in [-0.2, -0.15) is 0 Å². The quantitative estimate of drug-likeness (QED) is 0.816. The average Bonchev–Trinajstić information content (AvgIpc) is 3.18. The summed E-state index contributed by atoms with van der Waals surface area (Å²) in [5.41, 5.74) is 2.43. The van der Waals surface area contributed by atoms with Crippen molar-refractivity contribution in [1.82, 2.24) is 0 Å². The molecule has 0 aromatic heterocycles. The van der Waals surface area contributed by atoms with Crippen LogP contribution in [0.3, 0.4) is 0 Å².